The SMILES string of the molecule is CC(CCc1ccc2ccccc2c1)CC1CCCCC1. The molecule has 0 heteroatoms. The first-order valence-electron chi connectivity index (χ1n) is 8.79. The maximum absolute atomic E-state index is 2.45. The quantitative estimate of drug-likeness (QED) is 0.596. The lowest BCUT2D eigenvalue weighted by Gasteiger charge is -2.24. The van der Waals surface area contributed by atoms with Gasteiger partial charge in [0.05, 0.1) is 0 Å². The van der Waals surface area contributed by atoms with Crippen LogP contribution in [0, 0.1) is 11.8 Å². The summed E-state index contributed by atoms with van der Waals surface area (Å²) in [4.78, 5) is 0. The van der Waals surface area contributed by atoms with Crippen molar-refractivity contribution in [3.63, 3.8) is 0 Å². The van der Waals surface area contributed by atoms with Gasteiger partial charge in [-0.25, -0.2) is 0 Å². The molecule has 2 aromatic carbocycles. The Hall–Kier alpha value is -1.30. The second-order valence-electron chi connectivity index (χ2n) is 7.07. The molecule has 0 N–H and O–H groups in total. The number of aryl methyl sites for hydroxylation is 1. The molecule has 0 bridgehead atoms. The number of hydrogen-bond donors (Lipinski definition) is 0. The summed E-state index contributed by atoms with van der Waals surface area (Å²) in [5.74, 6) is 1.89. The Bertz CT molecular complexity index is 563. The maximum atomic E-state index is 2.45. The summed E-state index contributed by atoms with van der Waals surface area (Å²) in [6.07, 6.45) is 11.4. The third-order valence-corrected chi connectivity index (χ3v) is 5.20. The molecule has 3 rings (SSSR count). The minimum Gasteiger partial charge on any atom is -0.0625 e. The molecule has 0 saturated heterocycles. The van der Waals surface area contributed by atoms with Gasteiger partial charge in [0.2, 0.25) is 0 Å². The lowest BCUT2D eigenvalue weighted by Crippen LogP contribution is -2.11. The van der Waals surface area contributed by atoms with E-state index in [-0.39, 0.29) is 0 Å². The molecular weight excluding hydrogens is 252 g/mol. The molecule has 0 aliphatic heterocycles. The number of fused-ring (bicyclic) bond motifs is 1. The van der Waals surface area contributed by atoms with Gasteiger partial charge in [0, 0.05) is 0 Å². The van der Waals surface area contributed by atoms with Crippen molar-refractivity contribution in [1.29, 1.82) is 0 Å². The van der Waals surface area contributed by atoms with Gasteiger partial charge in [-0.1, -0.05) is 81.5 Å². The van der Waals surface area contributed by atoms with Crippen molar-refractivity contribution in [1.82, 2.24) is 0 Å². The first-order valence-corrected chi connectivity index (χ1v) is 8.79. The fourth-order valence-corrected chi connectivity index (χ4v) is 3.92. The van der Waals surface area contributed by atoms with Crippen LogP contribution >= 0.6 is 0 Å². The Morgan fingerprint density at radius 1 is 0.952 bits per heavy atom. The van der Waals surface area contributed by atoms with Gasteiger partial charge in [-0.05, 0) is 47.4 Å². The van der Waals surface area contributed by atoms with Crippen LogP contribution in [0.5, 0.6) is 0 Å². The van der Waals surface area contributed by atoms with Crippen LogP contribution in [0.25, 0.3) is 10.8 Å². The molecule has 0 spiro atoms. The molecule has 0 aromatic heterocycles. The monoisotopic (exact) mass is 280 g/mol. The van der Waals surface area contributed by atoms with Gasteiger partial charge < -0.3 is 0 Å². The zero-order chi connectivity index (χ0) is 14.5. The van der Waals surface area contributed by atoms with E-state index in [4.69, 9.17) is 0 Å². The number of rotatable bonds is 5. The molecule has 1 saturated carbocycles. The fraction of sp³-hybridized carbons (Fsp3) is 0.524. The summed E-state index contributed by atoms with van der Waals surface area (Å²) in [5.41, 5.74) is 1.50. The third kappa shape index (κ3) is 4.09. The van der Waals surface area contributed by atoms with E-state index >= 15 is 0 Å². The van der Waals surface area contributed by atoms with Crippen LogP contribution in [0.2, 0.25) is 0 Å². The zero-order valence-corrected chi connectivity index (χ0v) is 13.4. The molecule has 1 aliphatic carbocycles. The van der Waals surface area contributed by atoms with Gasteiger partial charge in [-0.2, -0.15) is 0 Å². The molecular formula is C21H28. The molecule has 112 valence electrons. The summed E-state index contributed by atoms with van der Waals surface area (Å²) in [7, 11) is 0. The van der Waals surface area contributed by atoms with E-state index in [1.54, 1.807) is 0 Å². The van der Waals surface area contributed by atoms with Crippen molar-refractivity contribution in [2.75, 3.05) is 0 Å². The van der Waals surface area contributed by atoms with Gasteiger partial charge in [-0.3, -0.25) is 0 Å². The first-order chi connectivity index (χ1) is 10.3. The van der Waals surface area contributed by atoms with Crippen molar-refractivity contribution >= 4 is 10.8 Å². The first kappa shape index (κ1) is 14.6. The van der Waals surface area contributed by atoms with Crippen molar-refractivity contribution in [2.45, 2.75) is 58.3 Å². The highest BCUT2D eigenvalue weighted by molar-refractivity contribution is 5.82. The molecule has 0 radical (unpaired) electrons. The van der Waals surface area contributed by atoms with E-state index in [0.29, 0.717) is 0 Å². The van der Waals surface area contributed by atoms with Crippen LogP contribution in [0.3, 0.4) is 0 Å². The van der Waals surface area contributed by atoms with Crippen molar-refractivity contribution in [2.24, 2.45) is 11.8 Å². The minimum atomic E-state index is 0.875. The highest BCUT2D eigenvalue weighted by Crippen LogP contribution is 2.30. The predicted octanol–water partition coefficient (Wildman–Crippen LogP) is 6.38. The zero-order valence-electron chi connectivity index (χ0n) is 13.4. The van der Waals surface area contributed by atoms with Gasteiger partial charge in [0.1, 0.15) is 0 Å². The van der Waals surface area contributed by atoms with E-state index < -0.39 is 0 Å². The second kappa shape index (κ2) is 7.11. The van der Waals surface area contributed by atoms with Gasteiger partial charge in [0.15, 0.2) is 0 Å². The van der Waals surface area contributed by atoms with Crippen LogP contribution in [0.15, 0.2) is 42.5 Å². The highest BCUT2D eigenvalue weighted by Gasteiger charge is 2.16. The molecule has 0 nitrogen and oxygen atoms in total. The van der Waals surface area contributed by atoms with Crippen LogP contribution < -0.4 is 0 Å². The molecule has 21 heavy (non-hydrogen) atoms. The predicted molar refractivity (Wildman–Crippen MR) is 92.6 cm³/mol. The molecule has 0 amide bonds. The smallest absolute Gasteiger partial charge is 0.0181 e. The van der Waals surface area contributed by atoms with Crippen LogP contribution in [-0.2, 0) is 6.42 Å². The number of hydrogen-bond acceptors (Lipinski definition) is 0. The van der Waals surface area contributed by atoms with E-state index in [1.165, 1.54) is 67.7 Å². The molecule has 1 unspecified atom stereocenters. The van der Waals surface area contributed by atoms with Crippen molar-refractivity contribution in [3.05, 3.63) is 48.0 Å². The average Bonchev–Trinajstić information content (AvgIpc) is 2.54. The van der Waals surface area contributed by atoms with Crippen LogP contribution in [-0.4, -0.2) is 0 Å². The molecule has 1 fully saturated rings. The van der Waals surface area contributed by atoms with Gasteiger partial charge in [0.25, 0.3) is 0 Å². The van der Waals surface area contributed by atoms with Crippen molar-refractivity contribution < 1.29 is 0 Å². The molecule has 2 aromatic rings. The largest absolute Gasteiger partial charge is 0.0625 e. The topological polar surface area (TPSA) is 0 Å². The van der Waals surface area contributed by atoms with Gasteiger partial charge >= 0.3 is 0 Å². The molecule has 1 atom stereocenters. The maximum Gasteiger partial charge on any atom is -0.0181 e. The summed E-state index contributed by atoms with van der Waals surface area (Å²) in [6.45, 7) is 2.45. The van der Waals surface area contributed by atoms with Gasteiger partial charge in [-0.15, -0.1) is 0 Å². The summed E-state index contributed by atoms with van der Waals surface area (Å²) in [5, 5.41) is 2.74. The van der Waals surface area contributed by atoms with E-state index in [9.17, 15) is 0 Å². The summed E-state index contributed by atoms with van der Waals surface area (Å²) >= 11 is 0. The van der Waals surface area contributed by atoms with E-state index in [2.05, 4.69) is 49.4 Å². The third-order valence-electron chi connectivity index (χ3n) is 5.20. The van der Waals surface area contributed by atoms with Crippen LogP contribution in [0.4, 0.5) is 0 Å². The standard InChI is InChI=1S/C21H28/c1-17(15-18-7-3-2-4-8-18)11-12-19-13-14-20-9-5-6-10-21(20)16-19/h5-6,9-10,13-14,16-18H,2-4,7-8,11-12,15H2,1H3. The normalized spacial score (nSPS) is 18.0. The van der Waals surface area contributed by atoms with Crippen LogP contribution in [0.1, 0.15) is 57.4 Å². The minimum absolute atomic E-state index is 0.875. The fourth-order valence-electron chi connectivity index (χ4n) is 3.92. The summed E-state index contributed by atoms with van der Waals surface area (Å²) in [6, 6.07) is 15.6. The second-order valence-corrected chi connectivity index (χ2v) is 7.07. The Labute approximate surface area is 129 Å². The van der Waals surface area contributed by atoms with E-state index in [0.717, 1.165) is 11.8 Å². The Kier molecular flexibility index (Phi) is 4.95. The van der Waals surface area contributed by atoms with E-state index in [1.807, 2.05) is 0 Å². The number of benzene rings is 2. The Balaban J connectivity index is 1.53. The molecule has 0 heterocycles. The van der Waals surface area contributed by atoms with Crippen molar-refractivity contribution in [3.8, 4) is 0 Å². The molecule has 1 aliphatic rings. The average molecular weight is 280 g/mol. The lowest BCUT2D eigenvalue weighted by atomic mass is 9.82. The highest BCUT2D eigenvalue weighted by atomic mass is 14.2. The summed E-state index contributed by atoms with van der Waals surface area (Å²) < 4.78 is 0. The Morgan fingerprint density at radius 3 is 2.52 bits per heavy atom. The lowest BCUT2D eigenvalue weighted by molar-refractivity contribution is 0.289. The Morgan fingerprint density at radius 2 is 1.71 bits per heavy atom.